The van der Waals surface area contributed by atoms with Gasteiger partial charge in [0.05, 0.1) is 18.8 Å². The molecule has 0 aliphatic carbocycles. The third-order valence-corrected chi connectivity index (χ3v) is 3.85. The van der Waals surface area contributed by atoms with E-state index in [1.165, 1.54) is 12.1 Å². The zero-order chi connectivity index (χ0) is 15.8. The van der Waals surface area contributed by atoms with Crippen LogP contribution >= 0.6 is 15.9 Å². The number of hydrogen-bond donors (Lipinski definition) is 2. The molecular formula is C16H25BrFNO2. The van der Waals surface area contributed by atoms with Crippen molar-refractivity contribution in [2.45, 2.75) is 45.9 Å². The minimum atomic E-state index is -0.563. The summed E-state index contributed by atoms with van der Waals surface area (Å²) < 4.78 is 19.6. The van der Waals surface area contributed by atoms with Gasteiger partial charge in [0.2, 0.25) is 0 Å². The second kappa shape index (κ2) is 9.51. The Kier molecular flexibility index (Phi) is 8.41. The second-order valence-corrected chi connectivity index (χ2v) is 6.65. The molecule has 120 valence electrons. The first kappa shape index (κ1) is 18.6. The molecule has 2 N–H and O–H groups in total. The van der Waals surface area contributed by atoms with Crippen LogP contribution in [-0.2, 0) is 11.3 Å². The topological polar surface area (TPSA) is 41.5 Å². The van der Waals surface area contributed by atoms with Gasteiger partial charge >= 0.3 is 0 Å². The molecule has 0 spiro atoms. The minimum absolute atomic E-state index is 0.150. The highest BCUT2D eigenvalue weighted by molar-refractivity contribution is 9.10. The lowest BCUT2D eigenvalue weighted by atomic mass is 10.1. The van der Waals surface area contributed by atoms with Gasteiger partial charge in [-0.25, -0.2) is 4.39 Å². The Bertz CT molecular complexity index is 429. The number of nitrogens with one attached hydrogen (secondary N) is 1. The summed E-state index contributed by atoms with van der Waals surface area (Å²) in [6.45, 7) is 7.53. The number of ether oxygens (including phenoxy) is 1. The lowest BCUT2D eigenvalue weighted by Gasteiger charge is -2.18. The lowest BCUT2D eigenvalue weighted by molar-refractivity contribution is -0.00857. The van der Waals surface area contributed by atoms with Crippen LogP contribution in [-0.4, -0.2) is 30.5 Å². The van der Waals surface area contributed by atoms with Crippen LogP contribution < -0.4 is 5.32 Å². The molecule has 0 heterocycles. The SMILES string of the molecule is CC(C)CC(C)OCC(O)CNCc1cc(F)ccc1Br. The first-order chi connectivity index (χ1) is 9.88. The average Bonchev–Trinajstić information content (AvgIpc) is 2.39. The molecule has 2 atom stereocenters. The zero-order valence-electron chi connectivity index (χ0n) is 12.9. The van der Waals surface area contributed by atoms with Gasteiger partial charge in [-0.2, -0.15) is 0 Å². The fourth-order valence-electron chi connectivity index (χ4n) is 2.12. The Morgan fingerprint density at radius 3 is 2.71 bits per heavy atom. The van der Waals surface area contributed by atoms with Gasteiger partial charge in [-0.3, -0.25) is 0 Å². The summed E-state index contributed by atoms with van der Waals surface area (Å²) in [4.78, 5) is 0. The number of aliphatic hydroxyl groups excluding tert-OH is 1. The second-order valence-electron chi connectivity index (χ2n) is 5.79. The quantitative estimate of drug-likeness (QED) is 0.707. The van der Waals surface area contributed by atoms with Gasteiger partial charge in [0.15, 0.2) is 0 Å². The lowest BCUT2D eigenvalue weighted by Crippen LogP contribution is -2.31. The smallest absolute Gasteiger partial charge is 0.123 e. The van der Waals surface area contributed by atoms with Crippen molar-refractivity contribution in [3.05, 3.63) is 34.1 Å². The fraction of sp³-hybridized carbons (Fsp3) is 0.625. The van der Waals surface area contributed by atoms with E-state index in [0.717, 1.165) is 16.5 Å². The summed E-state index contributed by atoms with van der Waals surface area (Å²) in [5.41, 5.74) is 0.830. The molecule has 0 fully saturated rings. The van der Waals surface area contributed by atoms with Crippen LogP contribution in [0.25, 0.3) is 0 Å². The van der Waals surface area contributed by atoms with Gasteiger partial charge in [0, 0.05) is 17.6 Å². The molecular weight excluding hydrogens is 337 g/mol. The van der Waals surface area contributed by atoms with Crippen molar-refractivity contribution in [3.63, 3.8) is 0 Å². The highest BCUT2D eigenvalue weighted by atomic mass is 79.9. The van der Waals surface area contributed by atoms with Crippen LogP contribution in [0.1, 0.15) is 32.8 Å². The van der Waals surface area contributed by atoms with Crippen LogP contribution in [0.3, 0.4) is 0 Å². The molecule has 21 heavy (non-hydrogen) atoms. The Morgan fingerprint density at radius 1 is 1.33 bits per heavy atom. The maximum absolute atomic E-state index is 13.1. The van der Waals surface area contributed by atoms with E-state index in [2.05, 4.69) is 35.1 Å². The van der Waals surface area contributed by atoms with Crippen molar-refractivity contribution in [2.24, 2.45) is 5.92 Å². The van der Waals surface area contributed by atoms with Crippen molar-refractivity contribution >= 4 is 15.9 Å². The fourth-order valence-corrected chi connectivity index (χ4v) is 2.51. The van der Waals surface area contributed by atoms with E-state index in [0.29, 0.717) is 25.6 Å². The van der Waals surface area contributed by atoms with E-state index in [4.69, 9.17) is 4.74 Å². The highest BCUT2D eigenvalue weighted by Crippen LogP contribution is 2.17. The molecule has 0 amide bonds. The normalized spacial score (nSPS) is 14.4. The van der Waals surface area contributed by atoms with E-state index in [1.807, 2.05) is 6.92 Å². The van der Waals surface area contributed by atoms with Crippen molar-refractivity contribution in [2.75, 3.05) is 13.2 Å². The summed E-state index contributed by atoms with van der Waals surface area (Å²) in [6.07, 6.45) is 0.570. The van der Waals surface area contributed by atoms with Crippen LogP contribution in [0.4, 0.5) is 4.39 Å². The molecule has 0 aromatic heterocycles. The van der Waals surface area contributed by atoms with Gasteiger partial charge in [0.25, 0.3) is 0 Å². The Hall–Kier alpha value is -0.490. The molecule has 3 nitrogen and oxygen atoms in total. The summed E-state index contributed by atoms with van der Waals surface area (Å²) in [5.74, 6) is 0.321. The van der Waals surface area contributed by atoms with Crippen molar-refractivity contribution < 1.29 is 14.2 Å². The van der Waals surface area contributed by atoms with E-state index >= 15 is 0 Å². The van der Waals surface area contributed by atoms with E-state index in [9.17, 15) is 9.50 Å². The molecule has 0 bridgehead atoms. The van der Waals surface area contributed by atoms with Crippen molar-refractivity contribution in [1.82, 2.24) is 5.32 Å². The van der Waals surface area contributed by atoms with Gasteiger partial charge in [0.1, 0.15) is 5.82 Å². The van der Waals surface area contributed by atoms with Gasteiger partial charge in [-0.05, 0) is 43.0 Å². The van der Waals surface area contributed by atoms with Gasteiger partial charge in [-0.1, -0.05) is 29.8 Å². The molecule has 2 unspecified atom stereocenters. The van der Waals surface area contributed by atoms with Crippen molar-refractivity contribution in [1.29, 1.82) is 0 Å². The molecule has 0 aliphatic rings. The largest absolute Gasteiger partial charge is 0.389 e. The molecule has 0 saturated carbocycles. The zero-order valence-corrected chi connectivity index (χ0v) is 14.5. The maximum Gasteiger partial charge on any atom is 0.123 e. The molecule has 0 aliphatic heterocycles. The van der Waals surface area contributed by atoms with Crippen LogP contribution in [0.2, 0.25) is 0 Å². The van der Waals surface area contributed by atoms with Gasteiger partial charge < -0.3 is 15.2 Å². The average molecular weight is 362 g/mol. The van der Waals surface area contributed by atoms with Gasteiger partial charge in [-0.15, -0.1) is 0 Å². The van der Waals surface area contributed by atoms with E-state index in [1.54, 1.807) is 6.07 Å². The summed E-state index contributed by atoms with van der Waals surface area (Å²) in [5, 5.41) is 13.0. The highest BCUT2D eigenvalue weighted by Gasteiger charge is 2.10. The molecule has 1 aromatic carbocycles. The molecule has 0 saturated heterocycles. The summed E-state index contributed by atoms with van der Waals surface area (Å²) in [7, 11) is 0. The Labute approximate surface area is 135 Å². The minimum Gasteiger partial charge on any atom is -0.389 e. The number of benzene rings is 1. The first-order valence-electron chi connectivity index (χ1n) is 7.32. The maximum atomic E-state index is 13.1. The van der Waals surface area contributed by atoms with Crippen LogP contribution in [0.5, 0.6) is 0 Å². The number of hydrogen-bond acceptors (Lipinski definition) is 3. The predicted octanol–water partition coefficient (Wildman–Crippen LogP) is 3.49. The third kappa shape index (κ3) is 7.90. The van der Waals surface area contributed by atoms with Crippen LogP contribution in [0, 0.1) is 11.7 Å². The summed E-state index contributed by atoms with van der Waals surface area (Å²) in [6, 6.07) is 4.57. The third-order valence-electron chi connectivity index (χ3n) is 3.08. The van der Waals surface area contributed by atoms with Crippen LogP contribution in [0.15, 0.2) is 22.7 Å². The Morgan fingerprint density at radius 2 is 2.05 bits per heavy atom. The van der Waals surface area contributed by atoms with Crippen molar-refractivity contribution in [3.8, 4) is 0 Å². The number of aliphatic hydroxyl groups is 1. The van der Waals surface area contributed by atoms with E-state index < -0.39 is 6.10 Å². The monoisotopic (exact) mass is 361 g/mol. The molecule has 1 rings (SSSR count). The summed E-state index contributed by atoms with van der Waals surface area (Å²) >= 11 is 3.38. The standard InChI is InChI=1S/C16H25BrFNO2/c1-11(2)6-12(3)21-10-15(20)9-19-8-13-7-14(18)4-5-16(13)17/h4-5,7,11-12,15,19-20H,6,8-10H2,1-3H3. The number of rotatable bonds is 9. The Balaban J connectivity index is 2.24. The molecule has 1 aromatic rings. The predicted molar refractivity (Wildman–Crippen MR) is 86.7 cm³/mol. The first-order valence-corrected chi connectivity index (χ1v) is 8.12. The molecule has 0 radical (unpaired) electrons. The molecule has 5 heteroatoms. The number of halogens is 2. The van der Waals surface area contributed by atoms with E-state index in [-0.39, 0.29) is 11.9 Å².